The molecule has 0 saturated carbocycles. The minimum Gasteiger partial charge on any atom is -0.361 e. The van der Waals surface area contributed by atoms with Crippen molar-refractivity contribution in [2.24, 2.45) is 5.10 Å². The molecule has 0 aliphatic rings. The second-order valence-corrected chi connectivity index (χ2v) is 4.62. The van der Waals surface area contributed by atoms with Crippen LogP contribution >= 0.6 is 0 Å². The minimum absolute atomic E-state index is 0.358. The van der Waals surface area contributed by atoms with E-state index in [1.165, 1.54) is 24.3 Å². The average Bonchev–Trinajstić information content (AvgIpc) is 2.93. The second kappa shape index (κ2) is 6.09. The van der Waals surface area contributed by atoms with Crippen LogP contribution in [0.1, 0.15) is 5.56 Å². The van der Waals surface area contributed by atoms with Crippen molar-refractivity contribution in [3.8, 4) is 0 Å². The van der Waals surface area contributed by atoms with Gasteiger partial charge in [-0.05, 0) is 30.3 Å². The summed E-state index contributed by atoms with van der Waals surface area (Å²) in [6, 6.07) is 12.8. The molecule has 0 radical (unpaired) electrons. The van der Waals surface area contributed by atoms with E-state index in [0.29, 0.717) is 5.69 Å². The Kier molecular flexibility index (Phi) is 3.82. The number of amides is 2. The van der Waals surface area contributed by atoms with Crippen LogP contribution in [-0.2, 0) is 0 Å². The zero-order valence-electron chi connectivity index (χ0n) is 11.5. The van der Waals surface area contributed by atoms with E-state index in [-0.39, 0.29) is 5.82 Å². The van der Waals surface area contributed by atoms with Crippen molar-refractivity contribution in [2.75, 3.05) is 5.32 Å². The molecule has 22 heavy (non-hydrogen) atoms. The summed E-state index contributed by atoms with van der Waals surface area (Å²) in [5, 5.41) is 7.46. The van der Waals surface area contributed by atoms with Gasteiger partial charge in [0.25, 0.3) is 0 Å². The number of aromatic nitrogens is 1. The van der Waals surface area contributed by atoms with Crippen LogP contribution in [0, 0.1) is 5.82 Å². The van der Waals surface area contributed by atoms with Gasteiger partial charge < -0.3 is 10.3 Å². The number of para-hydroxylation sites is 1. The number of fused-ring (bicyclic) bond motifs is 1. The number of hydrogen-bond acceptors (Lipinski definition) is 2. The highest BCUT2D eigenvalue weighted by Crippen LogP contribution is 2.15. The standard InChI is InChI=1S/C16H13FN4O/c17-12-5-7-13(8-6-12)20-16(22)21-19-10-11-9-18-15-4-2-1-3-14(11)15/h1-10,18H,(H2,20,21,22)/b19-10+. The summed E-state index contributed by atoms with van der Waals surface area (Å²) in [5.74, 6) is -0.358. The van der Waals surface area contributed by atoms with Gasteiger partial charge in [0.2, 0.25) is 0 Å². The van der Waals surface area contributed by atoms with Gasteiger partial charge in [-0.25, -0.2) is 14.6 Å². The molecule has 5 nitrogen and oxygen atoms in total. The first-order valence-corrected chi connectivity index (χ1v) is 6.64. The summed E-state index contributed by atoms with van der Waals surface area (Å²) >= 11 is 0. The number of anilines is 1. The van der Waals surface area contributed by atoms with Gasteiger partial charge in [-0.1, -0.05) is 18.2 Å². The SMILES string of the molecule is O=C(N/N=C/c1c[nH]c2ccccc12)Nc1ccc(F)cc1. The Morgan fingerprint density at radius 3 is 2.73 bits per heavy atom. The fraction of sp³-hybridized carbons (Fsp3) is 0. The van der Waals surface area contributed by atoms with Crippen molar-refractivity contribution in [1.29, 1.82) is 0 Å². The summed E-state index contributed by atoms with van der Waals surface area (Å²) in [5.41, 5.74) is 4.72. The number of hydrazone groups is 1. The number of urea groups is 1. The van der Waals surface area contributed by atoms with Crippen LogP contribution in [0.3, 0.4) is 0 Å². The fourth-order valence-corrected chi connectivity index (χ4v) is 2.05. The number of nitrogens with one attached hydrogen (secondary N) is 3. The monoisotopic (exact) mass is 296 g/mol. The molecule has 0 fully saturated rings. The van der Waals surface area contributed by atoms with Crippen molar-refractivity contribution >= 4 is 28.8 Å². The molecule has 0 unspecified atom stereocenters. The topological polar surface area (TPSA) is 69.3 Å². The number of rotatable bonds is 3. The van der Waals surface area contributed by atoms with Gasteiger partial charge in [0.05, 0.1) is 6.21 Å². The number of benzene rings is 2. The Morgan fingerprint density at radius 2 is 1.91 bits per heavy atom. The Morgan fingerprint density at radius 1 is 1.14 bits per heavy atom. The highest BCUT2D eigenvalue weighted by atomic mass is 19.1. The maximum absolute atomic E-state index is 12.8. The third-order valence-electron chi connectivity index (χ3n) is 3.09. The van der Waals surface area contributed by atoms with E-state index in [1.54, 1.807) is 6.21 Å². The van der Waals surface area contributed by atoms with Gasteiger partial charge in [0, 0.05) is 28.4 Å². The molecule has 1 aromatic heterocycles. The number of aromatic amines is 1. The van der Waals surface area contributed by atoms with E-state index in [4.69, 9.17) is 0 Å². The normalized spacial score (nSPS) is 11.0. The van der Waals surface area contributed by atoms with Gasteiger partial charge in [-0.3, -0.25) is 0 Å². The molecule has 1 heterocycles. The Hall–Kier alpha value is -3.15. The highest BCUT2D eigenvalue weighted by molar-refractivity contribution is 5.99. The first-order valence-electron chi connectivity index (χ1n) is 6.64. The van der Waals surface area contributed by atoms with Crippen LogP contribution in [0.25, 0.3) is 10.9 Å². The third-order valence-corrected chi connectivity index (χ3v) is 3.09. The van der Waals surface area contributed by atoms with Gasteiger partial charge in [-0.15, -0.1) is 0 Å². The molecule has 6 heteroatoms. The van der Waals surface area contributed by atoms with Crippen LogP contribution in [0.5, 0.6) is 0 Å². The van der Waals surface area contributed by atoms with Gasteiger partial charge >= 0.3 is 6.03 Å². The van der Waals surface area contributed by atoms with Crippen LogP contribution in [-0.4, -0.2) is 17.2 Å². The number of hydrogen-bond donors (Lipinski definition) is 3. The van der Waals surface area contributed by atoms with E-state index in [0.717, 1.165) is 16.5 Å². The van der Waals surface area contributed by atoms with Gasteiger partial charge in [0.1, 0.15) is 5.82 Å². The average molecular weight is 296 g/mol. The van der Waals surface area contributed by atoms with E-state index >= 15 is 0 Å². The molecule has 2 aromatic carbocycles. The van der Waals surface area contributed by atoms with E-state index in [9.17, 15) is 9.18 Å². The zero-order valence-corrected chi connectivity index (χ0v) is 11.5. The minimum atomic E-state index is -0.498. The smallest absolute Gasteiger partial charge is 0.339 e. The second-order valence-electron chi connectivity index (χ2n) is 4.62. The first kappa shape index (κ1) is 13.8. The van der Waals surface area contributed by atoms with Crippen molar-refractivity contribution in [3.05, 3.63) is 66.1 Å². The molecule has 0 saturated heterocycles. The Labute approximate surface area is 125 Å². The van der Waals surface area contributed by atoms with E-state index < -0.39 is 6.03 Å². The summed E-state index contributed by atoms with van der Waals surface area (Å²) < 4.78 is 12.8. The number of carbonyl (C=O) groups is 1. The van der Waals surface area contributed by atoms with Gasteiger partial charge in [-0.2, -0.15) is 5.10 Å². The molecule has 0 spiro atoms. The molecule has 0 atom stereocenters. The Bertz CT molecular complexity index is 824. The largest absolute Gasteiger partial charge is 0.361 e. The number of nitrogens with zero attached hydrogens (tertiary/aromatic N) is 1. The van der Waals surface area contributed by atoms with Crippen LogP contribution in [0.15, 0.2) is 59.8 Å². The number of halogens is 1. The van der Waals surface area contributed by atoms with Crippen LogP contribution < -0.4 is 10.7 Å². The van der Waals surface area contributed by atoms with Gasteiger partial charge in [0.15, 0.2) is 0 Å². The maximum atomic E-state index is 12.8. The summed E-state index contributed by atoms with van der Waals surface area (Å²) in [4.78, 5) is 14.8. The van der Waals surface area contributed by atoms with E-state index in [1.807, 2.05) is 30.5 Å². The number of H-pyrrole nitrogens is 1. The molecule has 110 valence electrons. The lowest BCUT2D eigenvalue weighted by atomic mass is 10.2. The third kappa shape index (κ3) is 3.12. The molecule has 0 aliphatic carbocycles. The summed E-state index contributed by atoms with van der Waals surface area (Å²) in [6.45, 7) is 0. The lowest BCUT2D eigenvalue weighted by Crippen LogP contribution is -2.24. The molecule has 2 amide bonds. The lowest BCUT2D eigenvalue weighted by Gasteiger charge is -2.03. The van der Waals surface area contributed by atoms with Crippen molar-refractivity contribution in [3.63, 3.8) is 0 Å². The first-order chi connectivity index (χ1) is 10.7. The van der Waals surface area contributed by atoms with E-state index in [2.05, 4.69) is 20.8 Å². The zero-order chi connectivity index (χ0) is 15.4. The molecule has 3 rings (SSSR count). The Balaban J connectivity index is 1.62. The van der Waals surface area contributed by atoms with Crippen molar-refractivity contribution < 1.29 is 9.18 Å². The summed E-state index contributed by atoms with van der Waals surface area (Å²) in [7, 11) is 0. The molecule has 3 aromatic rings. The molecule has 0 bridgehead atoms. The predicted octanol–water partition coefficient (Wildman–Crippen LogP) is 3.46. The maximum Gasteiger partial charge on any atom is 0.339 e. The van der Waals surface area contributed by atoms with Crippen molar-refractivity contribution in [2.45, 2.75) is 0 Å². The van der Waals surface area contributed by atoms with Crippen LogP contribution in [0.4, 0.5) is 14.9 Å². The molecule has 3 N–H and O–H groups in total. The predicted molar refractivity (Wildman–Crippen MR) is 84.4 cm³/mol. The molecular formula is C16H13FN4O. The molecule has 0 aliphatic heterocycles. The van der Waals surface area contributed by atoms with Crippen LogP contribution in [0.2, 0.25) is 0 Å². The van der Waals surface area contributed by atoms with Crippen molar-refractivity contribution in [1.82, 2.24) is 10.4 Å². The highest BCUT2D eigenvalue weighted by Gasteiger charge is 2.01. The quantitative estimate of drug-likeness (QED) is 0.503. The molecular weight excluding hydrogens is 283 g/mol. The fourth-order valence-electron chi connectivity index (χ4n) is 2.05. The number of carbonyl (C=O) groups excluding carboxylic acids is 1. The summed E-state index contributed by atoms with van der Waals surface area (Å²) in [6.07, 6.45) is 3.37. The lowest BCUT2D eigenvalue weighted by molar-refractivity contribution is 0.252.